The first-order chi connectivity index (χ1) is 13.8. The molecular weight excluding hydrogens is 350 g/mol. The van der Waals surface area contributed by atoms with Gasteiger partial charge >= 0.3 is 6.09 Å². The molecular formula is C23H27N3O2. The van der Waals surface area contributed by atoms with E-state index < -0.39 is 0 Å². The van der Waals surface area contributed by atoms with Crippen LogP contribution < -0.4 is 4.90 Å². The molecule has 1 amide bonds. The van der Waals surface area contributed by atoms with Gasteiger partial charge in [-0.3, -0.25) is 4.90 Å². The summed E-state index contributed by atoms with van der Waals surface area (Å²) in [5, 5.41) is 0. The zero-order valence-corrected chi connectivity index (χ0v) is 16.2. The summed E-state index contributed by atoms with van der Waals surface area (Å²) in [5.41, 5.74) is 3.59. The summed E-state index contributed by atoms with van der Waals surface area (Å²) in [6, 6.07) is 18.6. The van der Waals surface area contributed by atoms with Gasteiger partial charge in [0.15, 0.2) is 0 Å². The average Bonchev–Trinajstić information content (AvgIpc) is 3.29. The van der Waals surface area contributed by atoms with E-state index in [0.29, 0.717) is 19.7 Å². The van der Waals surface area contributed by atoms with Gasteiger partial charge < -0.3 is 14.5 Å². The second-order valence-corrected chi connectivity index (χ2v) is 7.34. The van der Waals surface area contributed by atoms with Crippen molar-refractivity contribution < 1.29 is 9.53 Å². The average molecular weight is 377 g/mol. The molecule has 5 heteroatoms. The Kier molecular flexibility index (Phi) is 5.92. The minimum atomic E-state index is -0.216. The van der Waals surface area contributed by atoms with Crippen LogP contribution in [0, 0.1) is 0 Å². The van der Waals surface area contributed by atoms with Crippen LogP contribution in [-0.4, -0.2) is 48.6 Å². The number of amides is 1. The van der Waals surface area contributed by atoms with E-state index in [-0.39, 0.29) is 6.09 Å². The van der Waals surface area contributed by atoms with Gasteiger partial charge in [-0.15, -0.1) is 0 Å². The molecule has 2 aromatic carbocycles. The van der Waals surface area contributed by atoms with Gasteiger partial charge in [0, 0.05) is 51.2 Å². The van der Waals surface area contributed by atoms with E-state index in [9.17, 15) is 4.79 Å². The molecule has 2 heterocycles. The van der Waals surface area contributed by atoms with Gasteiger partial charge in [-0.1, -0.05) is 48.5 Å². The van der Waals surface area contributed by atoms with Gasteiger partial charge in [0.05, 0.1) is 0 Å². The van der Waals surface area contributed by atoms with Crippen LogP contribution in [0.2, 0.25) is 0 Å². The third-order valence-electron chi connectivity index (χ3n) is 5.31. The maximum Gasteiger partial charge on any atom is 0.410 e. The molecule has 2 aliphatic heterocycles. The number of carbonyl (C=O) groups excluding carboxylic acids is 1. The number of piperazine rings is 1. The van der Waals surface area contributed by atoms with Crippen LogP contribution in [0.3, 0.4) is 0 Å². The third kappa shape index (κ3) is 4.73. The fourth-order valence-electron chi connectivity index (χ4n) is 3.70. The molecule has 0 atom stereocenters. The Hall–Kier alpha value is -2.79. The van der Waals surface area contributed by atoms with Gasteiger partial charge in [0.25, 0.3) is 0 Å². The monoisotopic (exact) mass is 377 g/mol. The molecule has 0 aliphatic carbocycles. The van der Waals surface area contributed by atoms with Crippen molar-refractivity contribution in [3.63, 3.8) is 0 Å². The molecule has 2 aromatic rings. The van der Waals surface area contributed by atoms with Crippen LogP contribution in [0.1, 0.15) is 17.5 Å². The van der Waals surface area contributed by atoms with Crippen LogP contribution >= 0.6 is 0 Å². The third-order valence-corrected chi connectivity index (χ3v) is 5.31. The smallest absolute Gasteiger partial charge is 0.410 e. The lowest BCUT2D eigenvalue weighted by molar-refractivity contribution is 0.0700. The highest BCUT2D eigenvalue weighted by Crippen LogP contribution is 2.21. The summed E-state index contributed by atoms with van der Waals surface area (Å²) in [5.74, 6) is 0. The van der Waals surface area contributed by atoms with E-state index in [4.69, 9.17) is 4.74 Å². The van der Waals surface area contributed by atoms with E-state index in [1.54, 1.807) is 0 Å². The SMILES string of the molecule is O=C(OCc1ccccc1)N1CCN(Cc2cccc(N3C=CCC3)c2)CC1. The number of nitrogens with zero attached hydrogens (tertiary/aromatic N) is 3. The fourth-order valence-corrected chi connectivity index (χ4v) is 3.70. The van der Waals surface area contributed by atoms with Gasteiger partial charge in [-0.05, 0) is 29.7 Å². The van der Waals surface area contributed by atoms with Crippen LogP contribution in [0.4, 0.5) is 10.5 Å². The van der Waals surface area contributed by atoms with E-state index >= 15 is 0 Å². The topological polar surface area (TPSA) is 36.0 Å². The van der Waals surface area contributed by atoms with Gasteiger partial charge in [-0.2, -0.15) is 0 Å². The summed E-state index contributed by atoms with van der Waals surface area (Å²) >= 11 is 0. The predicted octanol–water partition coefficient (Wildman–Crippen LogP) is 3.86. The molecule has 2 aliphatic rings. The first-order valence-corrected chi connectivity index (χ1v) is 9.98. The van der Waals surface area contributed by atoms with Crippen molar-refractivity contribution in [2.24, 2.45) is 0 Å². The summed E-state index contributed by atoms with van der Waals surface area (Å²) in [6.07, 6.45) is 5.28. The second-order valence-electron chi connectivity index (χ2n) is 7.34. The van der Waals surface area contributed by atoms with E-state index in [0.717, 1.165) is 38.2 Å². The van der Waals surface area contributed by atoms with Gasteiger partial charge in [0.2, 0.25) is 0 Å². The molecule has 146 valence electrons. The normalized spacial score (nSPS) is 17.1. The van der Waals surface area contributed by atoms with Crippen LogP contribution in [-0.2, 0) is 17.9 Å². The Labute approximate surface area is 166 Å². The Morgan fingerprint density at radius 2 is 1.68 bits per heavy atom. The first kappa shape index (κ1) is 18.6. The molecule has 0 saturated carbocycles. The number of anilines is 1. The molecule has 0 bridgehead atoms. The molecule has 1 fully saturated rings. The highest BCUT2D eigenvalue weighted by Gasteiger charge is 2.22. The van der Waals surface area contributed by atoms with E-state index in [1.807, 2.05) is 35.2 Å². The van der Waals surface area contributed by atoms with Crippen LogP contribution in [0.15, 0.2) is 66.9 Å². The summed E-state index contributed by atoms with van der Waals surface area (Å²) in [4.78, 5) is 18.8. The zero-order chi connectivity index (χ0) is 19.2. The maximum absolute atomic E-state index is 12.3. The highest BCUT2D eigenvalue weighted by molar-refractivity contribution is 5.67. The van der Waals surface area contributed by atoms with E-state index in [1.165, 1.54) is 11.3 Å². The summed E-state index contributed by atoms with van der Waals surface area (Å²) < 4.78 is 5.45. The minimum Gasteiger partial charge on any atom is -0.445 e. The van der Waals surface area contributed by atoms with Crippen molar-refractivity contribution in [3.8, 4) is 0 Å². The predicted molar refractivity (Wildman–Crippen MR) is 111 cm³/mol. The molecule has 1 saturated heterocycles. The number of rotatable bonds is 5. The molecule has 0 N–H and O–H groups in total. The Morgan fingerprint density at radius 3 is 2.43 bits per heavy atom. The molecule has 28 heavy (non-hydrogen) atoms. The van der Waals surface area contributed by atoms with Gasteiger partial charge in [0.1, 0.15) is 6.61 Å². The van der Waals surface area contributed by atoms with Gasteiger partial charge in [-0.25, -0.2) is 4.79 Å². The molecule has 0 unspecified atom stereocenters. The summed E-state index contributed by atoms with van der Waals surface area (Å²) in [6.45, 7) is 5.47. The van der Waals surface area contributed by atoms with Crippen molar-refractivity contribution in [3.05, 3.63) is 78.0 Å². The van der Waals surface area contributed by atoms with Crippen molar-refractivity contribution in [1.82, 2.24) is 9.80 Å². The lowest BCUT2D eigenvalue weighted by atomic mass is 10.1. The quantitative estimate of drug-likeness (QED) is 0.793. The first-order valence-electron chi connectivity index (χ1n) is 9.98. The minimum absolute atomic E-state index is 0.216. The number of benzene rings is 2. The molecule has 4 rings (SSSR count). The lowest BCUT2D eigenvalue weighted by Gasteiger charge is -2.34. The number of carbonyl (C=O) groups is 1. The molecule has 0 aromatic heterocycles. The Bertz CT molecular complexity index is 814. The Morgan fingerprint density at radius 1 is 0.893 bits per heavy atom. The zero-order valence-electron chi connectivity index (χ0n) is 16.2. The fraction of sp³-hybridized carbons (Fsp3) is 0.348. The van der Waals surface area contributed by atoms with Crippen molar-refractivity contribution >= 4 is 11.8 Å². The summed E-state index contributed by atoms with van der Waals surface area (Å²) in [7, 11) is 0. The van der Waals surface area contributed by atoms with Crippen molar-refractivity contribution in [1.29, 1.82) is 0 Å². The lowest BCUT2D eigenvalue weighted by Crippen LogP contribution is -2.48. The maximum atomic E-state index is 12.3. The van der Waals surface area contributed by atoms with Crippen molar-refractivity contribution in [2.45, 2.75) is 19.6 Å². The highest BCUT2D eigenvalue weighted by atomic mass is 16.6. The van der Waals surface area contributed by atoms with Crippen LogP contribution in [0.25, 0.3) is 0 Å². The van der Waals surface area contributed by atoms with Crippen molar-refractivity contribution in [2.75, 3.05) is 37.6 Å². The number of hydrogen-bond donors (Lipinski definition) is 0. The largest absolute Gasteiger partial charge is 0.445 e. The van der Waals surface area contributed by atoms with E-state index in [2.05, 4.69) is 46.3 Å². The van der Waals surface area contributed by atoms with Crippen LogP contribution in [0.5, 0.6) is 0 Å². The molecule has 5 nitrogen and oxygen atoms in total. The second kappa shape index (κ2) is 8.93. The number of hydrogen-bond acceptors (Lipinski definition) is 4. The Balaban J connectivity index is 1.24. The standard InChI is InChI=1S/C23H27N3O2/c27-23(28-19-20-7-2-1-3-8-20)26-15-13-24(14-16-26)18-21-9-6-10-22(17-21)25-11-4-5-12-25/h1-4,6-11,17H,5,12-16,18-19H2. The molecule has 0 spiro atoms. The number of ether oxygens (including phenoxy) is 1. The molecule has 0 radical (unpaired) electrons.